The summed E-state index contributed by atoms with van der Waals surface area (Å²) in [6, 6.07) is 11.3. The Bertz CT molecular complexity index is 1050. The molecule has 5 nitrogen and oxygen atoms in total. The van der Waals surface area contributed by atoms with Crippen LogP contribution in [0.25, 0.3) is 6.08 Å². The molecular formula is C23H21BrClNO4. The van der Waals surface area contributed by atoms with Gasteiger partial charge in [0.05, 0.1) is 0 Å². The topological polar surface area (TPSA) is 67.8 Å². The Balaban J connectivity index is 1.42. The van der Waals surface area contributed by atoms with Gasteiger partial charge in [0, 0.05) is 16.1 Å². The van der Waals surface area contributed by atoms with Crippen molar-refractivity contribution in [3.8, 4) is 11.5 Å². The molecule has 5 rings (SSSR count). The van der Waals surface area contributed by atoms with Crippen molar-refractivity contribution in [2.75, 3.05) is 11.9 Å². The van der Waals surface area contributed by atoms with Crippen LogP contribution in [0, 0.1) is 0 Å². The molecule has 1 aliphatic heterocycles. The summed E-state index contributed by atoms with van der Waals surface area (Å²) in [6.07, 6.45) is 6.83. The van der Waals surface area contributed by atoms with E-state index < -0.39 is 11.5 Å². The Labute approximate surface area is 188 Å². The Morgan fingerprint density at radius 2 is 1.97 bits per heavy atom. The molecule has 1 saturated carbocycles. The molecule has 0 radical (unpaired) electrons. The lowest BCUT2D eigenvalue weighted by molar-refractivity contribution is -0.143. The van der Waals surface area contributed by atoms with E-state index in [-0.39, 0.29) is 10.4 Å². The maximum Gasteiger partial charge on any atom is 0.329 e. The molecule has 0 saturated heterocycles. The van der Waals surface area contributed by atoms with E-state index in [2.05, 4.69) is 39.5 Å². The van der Waals surface area contributed by atoms with Gasteiger partial charge in [0.25, 0.3) is 0 Å². The van der Waals surface area contributed by atoms with E-state index in [9.17, 15) is 9.90 Å². The lowest BCUT2D eigenvalue weighted by Crippen LogP contribution is -2.51. The van der Waals surface area contributed by atoms with Gasteiger partial charge in [0.15, 0.2) is 16.5 Å². The predicted molar refractivity (Wildman–Crippen MR) is 120 cm³/mol. The maximum atomic E-state index is 12.3. The summed E-state index contributed by atoms with van der Waals surface area (Å²) in [5, 5.41) is 13.8. The lowest BCUT2D eigenvalue weighted by Gasteiger charge is -2.43. The van der Waals surface area contributed by atoms with E-state index in [1.165, 1.54) is 5.56 Å². The van der Waals surface area contributed by atoms with Crippen LogP contribution in [-0.2, 0) is 10.2 Å². The summed E-state index contributed by atoms with van der Waals surface area (Å²) in [5.41, 5.74) is 1.86. The van der Waals surface area contributed by atoms with Crippen molar-refractivity contribution in [2.45, 2.75) is 41.7 Å². The van der Waals surface area contributed by atoms with Crippen LogP contribution < -0.4 is 14.8 Å². The normalized spacial score (nSPS) is 28.9. The number of hydrogen-bond donors (Lipinski definition) is 2. The van der Waals surface area contributed by atoms with Crippen molar-refractivity contribution < 1.29 is 19.4 Å². The monoisotopic (exact) mass is 489 g/mol. The summed E-state index contributed by atoms with van der Waals surface area (Å²) in [4.78, 5) is 12.3. The second kappa shape index (κ2) is 7.20. The Morgan fingerprint density at radius 3 is 2.70 bits per heavy atom. The molecule has 7 heteroatoms. The summed E-state index contributed by atoms with van der Waals surface area (Å²) in [6.45, 7) is 0.456. The number of alkyl halides is 1. The zero-order valence-electron chi connectivity index (χ0n) is 16.2. The molecule has 1 fully saturated rings. The fourth-order valence-corrected chi connectivity index (χ4v) is 5.33. The van der Waals surface area contributed by atoms with Gasteiger partial charge in [-0.1, -0.05) is 29.8 Å². The minimum absolute atomic E-state index is 0.147. The minimum Gasteiger partial charge on any atom is -0.485 e. The number of carboxylic acid groups (broad SMARTS) is 1. The minimum atomic E-state index is -1.01. The summed E-state index contributed by atoms with van der Waals surface area (Å²) >= 11 is 9.52. The number of carbonyl (C=O) groups is 1. The number of anilines is 1. The zero-order valence-corrected chi connectivity index (χ0v) is 18.5. The van der Waals surface area contributed by atoms with Crippen molar-refractivity contribution in [3.05, 3.63) is 58.6 Å². The lowest BCUT2D eigenvalue weighted by atomic mass is 9.65. The molecule has 2 N–H and O–H groups in total. The number of halogens is 2. The number of hydrogen-bond acceptors (Lipinski definition) is 4. The van der Waals surface area contributed by atoms with Crippen LogP contribution in [0.1, 0.15) is 36.8 Å². The molecule has 0 amide bonds. The van der Waals surface area contributed by atoms with Crippen LogP contribution in [0.3, 0.4) is 0 Å². The van der Waals surface area contributed by atoms with E-state index in [1.54, 1.807) is 12.1 Å². The quantitative estimate of drug-likeness (QED) is 0.548. The highest BCUT2D eigenvalue weighted by molar-refractivity contribution is 9.09. The fourth-order valence-electron chi connectivity index (χ4n) is 4.81. The Morgan fingerprint density at radius 1 is 1.17 bits per heavy atom. The zero-order chi connectivity index (χ0) is 20.9. The van der Waals surface area contributed by atoms with Crippen LogP contribution >= 0.6 is 27.5 Å². The molecule has 3 aliphatic rings. The van der Waals surface area contributed by atoms with E-state index in [0.717, 1.165) is 35.6 Å². The number of carboxylic acids is 1. The number of rotatable bonds is 3. The SMILES string of the molecule is O=C(O)C1(Nc2cccc(Cl)c2)CCC2(C=Cc3cc4c(cc32)OCC(Br)O4)CC1. The highest BCUT2D eigenvalue weighted by Crippen LogP contribution is 2.52. The fraction of sp³-hybridized carbons (Fsp3) is 0.348. The second-order valence-electron chi connectivity index (χ2n) is 8.24. The van der Waals surface area contributed by atoms with Crippen molar-refractivity contribution in [1.29, 1.82) is 0 Å². The number of ether oxygens (including phenoxy) is 2. The van der Waals surface area contributed by atoms with Crippen molar-refractivity contribution in [2.24, 2.45) is 0 Å². The van der Waals surface area contributed by atoms with Crippen LogP contribution in [0.15, 0.2) is 42.5 Å². The smallest absolute Gasteiger partial charge is 0.329 e. The molecule has 0 bridgehead atoms. The van der Waals surface area contributed by atoms with Gasteiger partial charge in [0.1, 0.15) is 12.1 Å². The van der Waals surface area contributed by atoms with E-state index in [0.29, 0.717) is 24.5 Å². The largest absolute Gasteiger partial charge is 0.485 e. The van der Waals surface area contributed by atoms with Gasteiger partial charge in [-0.3, -0.25) is 0 Å². The van der Waals surface area contributed by atoms with E-state index in [1.807, 2.05) is 18.2 Å². The van der Waals surface area contributed by atoms with Crippen LogP contribution in [0.4, 0.5) is 5.69 Å². The van der Waals surface area contributed by atoms with Gasteiger partial charge in [-0.15, -0.1) is 0 Å². The third-order valence-electron chi connectivity index (χ3n) is 6.47. The standard InChI is InChI=1S/C23H21BrClNO4/c24-20-13-29-18-12-17-14(10-19(18)30-20)4-5-22(17)6-8-23(9-7-22,21(27)28)26-16-3-1-2-15(25)11-16/h1-5,10-12,20,26H,6-9,13H2,(H,27,28). The number of benzene rings is 2. The van der Waals surface area contributed by atoms with Crippen LogP contribution in [-0.4, -0.2) is 28.2 Å². The van der Waals surface area contributed by atoms with Gasteiger partial charge in [-0.05, 0) is 83.1 Å². The summed E-state index contributed by atoms with van der Waals surface area (Å²) in [7, 11) is 0. The van der Waals surface area contributed by atoms with Crippen molar-refractivity contribution in [3.63, 3.8) is 0 Å². The summed E-state index contributed by atoms with van der Waals surface area (Å²) < 4.78 is 11.7. The maximum absolute atomic E-state index is 12.3. The number of aliphatic carboxylic acids is 1. The molecule has 30 heavy (non-hydrogen) atoms. The van der Waals surface area contributed by atoms with Gasteiger partial charge >= 0.3 is 5.97 Å². The molecule has 1 unspecified atom stereocenters. The summed E-state index contributed by atoms with van der Waals surface area (Å²) in [5.74, 6) is 0.659. The Hall–Kier alpha value is -2.18. The molecule has 0 aromatic heterocycles. The van der Waals surface area contributed by atoms with Gasteiger partial charge in [-0.25, -0.2) is 4.79 Å². The number of nitrogens with one attached hydrogen (secondary N) is 1. The second-order valence-corrected chi connectivity index (χ2v) is 9.69. The number of fused-ring (bicyclic) bond motifs is 3. The first-order valence-electron chi connectivity index (χ1n) is 9.98. The molecule has 2 aromatic carbocycles. The van der Waals surface area contributed by atoms with E-state index in [4.69, 9.17) is 21.1 Å². The molecule has 156 valence electrons. The van der Waals surface area contributed by atoms with Crippen LogP contribution in [0.5, 0.6) is 11.5 Å². The first-order valence-corrected chi connectivity index (χ1v) is 11.3. The molecule has 2 aliphatic carbocycles. The highest BCUT2D eigenvalue weighted by atomic mass is 79.9. The molecule has 2 aromatic rings. The number of allylic oxidation sites excluding steroid dienone is 1. The molecular weight excluding hydrogens is 470 g/mol. The third-order valence-corrected chi connectivity index (χ3v) is 7.16. The van der Waals surface area contributed by atoms with Crippen molar-refractivity contribution in [1.82, 2.24) is 0 Å². The third kappa shape index (κ3) is 3.26. The Kier molecular flexibility index (Phi) is 4.75. The van der Waals surface area contributed by atoms with E-state index >= 15 is 0 Å². The van der Waals surface area contributed by atoms with Gasteiger partial charge in [0.2, 0.25) is 0 Å². The average molecular weight is 491 g/mol. The highest BCUT2D eigenvalue weighted by Gasteiger charge is 2.49. The molecule has 1 heterocycles. The van der Waals surface area contributed by atoms with Crippen LogP contribution in [0.2, 0.25) is 5.02 Å². The first-order chi connectivity index (χ1) is 14.4. The molecule has 1 spiro atoms. The predicted octanol–water partition coefficient (Wildman–Crippen LogP) is 5.61. The van der Waals surface area contributed by atoms with Gasteiger partial charge < -0.3 is 19.9 Å². The molecule has 1 atom stereocenters. The van der Waals surface area contributed by atoms with Gasteiger partial charge in [-0.2, -0.15) is 0 Å². The average Bonchev–Trinajstić information content (AvgIpc) is 3.05. The first kappa shape index (κ1) is 19.8. The van der Waals surface area contributed by atoms with Crippen molar-refractivity contribution >= 4 is 45.3 Å².